The summed E-state index contributed by atoms with van der Waals surface area (Å²) in [6, 6.07) is 47.8. The Morgan fingerprint density at radius 1 is 0.400 bits per heavy atom. The summed E-state index contributed by atoms with van der Waals surface area (Å²) < 4.78 is 28.0. The maximum absolute atomic E-state index is 9.34. The molecule has 0 saturated heterocycles. The summed E-state index contributed by atoms with van der Waals surface area (Å²) in [5, 5.41) is 0. The largest absolute Gasteiger partial charge is 0.311 e. The van der Waals surface area contributed by atoms with Gasteiger partial charge in [0, 0.05) is 38.1 Å². The normalized spacial score (nSPS) is 20.7. The van der Waals surface area contributed by atoms with Crippen molar-refractivity contribution in [3.63, 3.8) is 0 Å². The topological polar surface area (TPSA) is 6.48 Å². The van der Waals surface area contributed by atoms with Gasteiger partial charge >= 0.3 is 0 Å². The molecular formula is C67H73BN2. The van der Waals surface area contributed by atoms with Crippen molar-refractivity contribution in [2.75, 3.05) is 9.80 Å². The molecule has 0 radical (unpaired) electrons. The molecule has 3 aliphatic carbocycles. The van der Waals surface area contributed by atoms with E-state index in [4.69, 9.17) is 0 Å². The standard InChI is InChI=1S/C67H73BN2/c1-41-31-59-61-60(32-41)70(56-37-52-47(33-42(56)2)66(11,12)40-67(52,13)14)58-39-51-49(63(5,6)28-30-65(51,9)10)36-54(58)68(61)53-35-48-50(64(7,8)29-27-62(48,3)4)38-57(53)69(59)55-26-25-45(43-21-17-15-18-22-43)34-46(55)44-23-19-16-20-24-44/h15-26,31-39H,27-30,40H2,1-14H3/i1D3. The molecule has 2 heterocycles. The summed E-state index contributed by atoms with van der Waals surface area (Å²) >= 11 is 0. The highest BCUT2D eigenvalue weighted by molar-refractivity contribution is 7.00. The van der Waals surface area contributed by atoms with Gasteiger partial charge in [0.2, 0.25) is 0 Å². The minimum Gasteiger partial charge on any atom is -0.311 e. The van der Waals surface area contributed by atoms with Crippen LogP contribution >= 0.6 is 0 Å². The molecule has 3 heteroatoms. The molecule has 354 valence electrons. The average molecular weight is 920 g/mol. The molecule has 0 atom stereocenters. The first-order valence-corrected chi connectivity index (χ1v) is 26.3. The summed E-state index contributed by atoms with van der Waals surface area (Å²) in [6.07, 6.45) is 5.47. The van der Waals surface area contributed by atoms with Crippen LogP contribution in [0.4, 0.5) is 34.1 Å². The highest BCUT2D eigenvalue weighted by Crippen LogP contribution is 2.56. The zero-order chi connectivity index (χ0) is 51.7. The van der Waals surface area contributed by atoms with Gasteiger partial charge in [0.05, 0.1) is 5.69 Å². The van der Waals surface area contributed by atoms with Crippen LogP contribution in [-0.2, 0) is 32.5 Å². The molecule has 0 spiro atoms. The van der Waals surface area contributed by atoms with Gasteiger partial charge in [0.1, 0.15) is 0 Å². The van der Waals surface area contributed by atoms with Gasteiger partial charge in [-0.05, 0) is 198 Å². The molecule has 0 fully saturated rings. The Labute approximate surface area is 424 Å². The molecule has 5 aliphatic rings. The lowest BCUT2D eigenvalue weighted by Gasteiger charge is -2.49. The number of fused-ring (bicyclic) bond motifs is 7. The van der Waals surface area contributed by atoms with E-state index in [9.17, 15) is 4.11 Å². The number of rotatable bonds is 4. The Morgan fingerprint density at radius 2 is 0.829 bits per heavy atom. The van der Waals surface area contributed by atoms with Crippen LogP contribution in [0.2, 0.25) is 0 Å². The lowest BCUT2D eigenvalue weighted by atomic mass is 9.32. The second-order valence-electron chi connectivity index (χ2n) is 26.1. The Morgan fingerprint density at radius 3 is 1.33 bits per heavy atom. The van der Waals surface area contributed by atoms with Crippen LogP contribution in [0.5, 0.6) is 0 Å². The Bertz CT molecular complexity index is 3450. The third-order valence-electron chi connectivity index (χ3n) is 18.4. The molecule has 12 rings (SSSR count). The Kier molecular flexibility index (Phi) is 8.91. The molecule has 70 heavy (non-hydrogen) atoms. The van der Waals surface area contributed by atoms with E-state index >= 15 is 0 Å². The summed E-state index contributed by atoms with van der Waals surface area (Å²) in [7, 11) is 0. The maximum atomic E-state index is 9.34. The second-order valence-corrected chi connectivity index (χ2v) is 26.1. The fourth-order valence-corrected chi connectivity index (χ4v) is 14.4. The molecule has 7 aromatic rings. The Balaban J connectivity index is 1.26. The number of hydrogen-bond acceptors (Lipinski definition) is 2. The molecule has 2 nitrogen and oxygen atoms in total. The summed E-state index contributed by atoms with van der Waals surface area (Å²) in [6.45, 7) is 28.9. The van der Waals surface area contributed by atoms with Gasteiger partial charge < -0.3 is 9.80 Å². The van der Waals surface area contributed by atoms with Gasteiger partial charge in [-0.3, -0.25) is 0 Å². The third-order valence-corrected chi connectivity index (χ3v) is 18.4. The molecule has 0 saturated carbocycles. The maximum Gasteiger partial charge on any atom is 0.252 e. The van der Waals surface area contributed by atoms with E-state index in [-0.39, 0.29) is 39.2 Å². The van der Waals surface area contributed by atoms with Crippen molar-refractivity contribution in [3.8, 4) is 22.3 Å². The first kappa shape index (κ1) is 41.9. The van der Waals surface area contributed by atoms with Crippen molar-refractivity contribution in [1.82, 2.24) is 0 Å². The molecule has 0 bridgehead atoms. The van der Waals surface area contributed by atoms with E-state index in [1.807, 2.05) is 6.07 Å². The van der Waals surface area contributed by atoms with Gasteiger partial charge in [-0.25, -0.2) is 0 Å². The SMILES string of the molecule is [2H]C([2H])([2H])c1cc2c3c(c1)N(c1ccc(-c4ccccc4)cc1-c1ccccc1)c1cc4c(cc1B3c1cc3c(cc1N2c1cc2c(cc1C)C(C)(C)CC2(C)C)C(C)(C)CCC3(C)C)C(C)(C)CCC4(C)C. The quantitative estimate of drug-likeness (QED) is 0.162. The number of benzene rings is 7. The van der Waals surface area contributed by atoms with Gasteiger partial charge in [-0.1, -0.05) is 168 Å². The van der Waals surface area contributed by atoms with Crippen LogP contribution in [0, 0.1) is 13.8 Å². The summed E-state index contributed by atoms with van der Waals surface area (Å²) in [5.74, 6) is 0. The fraction of sp³-hybridized carbons (Fsp3) is 0.373. The van der Waals surface area contributed by atoms with Crippen LogP contribution < -0.4 is 26.2 Å². The molecule has 0 N–H and O–H groups in total. The first-order valence-electron chi connectivity index (χ1n) is 27.8. The number of hydrogen-bond donors (Lipinski definition) is 0. The van der Waals surface area contributed by atoms with Crippen LogP contribution in [0.25, 0.3) is 22.3 Å². The van der Waals surface area contributed by atoms with Crippen molar-refractivity contribution < 1.29 is 4.11 Å². The van der Waals surface area contributed by atoms with Gasteiger partial charge in [-0.2, -0.15) is 0 Å². The van der Waals surface area contributed by atoms with E-state index in [1.54, 1.807) is 0 Å². The molecule has 0 aromatic heterocycles. The predicted molar refractivity (Wildman–Crippen MR) is 302 cm³/mol. The van der Waals surface area contributed by atoms with E-state index < -0.39 is 6.85 Å². The monoisotopic (exact) mass is 920 g/mol. The van der Waals surface area contributed by atoms with Crippen molar-refractivity contribution >= 4 is 57.2 Å². The first-order chi connectivity index (χ1) is 34.2. The minimum atomic E-state index is -2.39. The third kappa shape index (κ3) is 6.65. The molecule has 7 aromatic carbocycles. The molecule has 0 unspecified atom stereocenters. The van der Waals surface area contributed by atoms with Crippen molar-refractivity contribution in [3.05, 3.63) is 172 Å². The van der Waals surface area contributed by atoms with Gasteiger partial charge in [-0.15, -0.1) is 0 Å². The number of nitrogens with zero attached hydrogens (tertiary/aromatic N) is 2. The van der Waals surface area contributed by atoms with Crippen LogP contribution in [-0.4, -0.2) is 6.71 Å². The lowest BCUT2D eigenvalue weighted by Crippen LogP contribution is -2.62. The highest BCUT2D eigenvalue weighted by Gasteiger charge is 2.50. The molecule has 2 aliphatic heterocycles. The lowest BCUT2D eigenvalue weighted by molar-refractivity contribution is 0.332. The molecule has 0 amide bonds. The van der Waals surface area contributed by atoms with E-state index in [0.29, 0.717) is 5.56 Å². The zero-order valence-corrected chi connectivity index (χ0v) is 44.1. The number of anilines is 6. The smallest absolute Gasteiger partial charge is 0.252 e. The van der Waals surface area contributed by atoms with Gasteiger partial charge in [0.25, 0.3) is 6.71 Å². The average Bonchev–Trinajstić information content (AvgIpc) is 3.52. The van der Waals surface area contributed by atoms with E-state index in [1.165, 1.54) is 61.0 Å². The zero-order valence-electron chi connectivity index (χ0n) is 47.1. The summed E-state index contributed by atoms with van der Waals surface area (Å²) in [5.41, 5.74) is 24.4. The summed E-state index contributed by atoms with van der Waals surface area (Å²) in [4.78, 5) is 5.02. The Hall–Kier alpha value is -5.80. The van der Waals surface area contributed by atoms with E-state index in [0.717, 1.165) is 82.8 Å². The van der Waals surface area contributed by atoms with Crippen molar-refractivity contribution in [1.29, 1.82) is 0 Å². The van der Waals surface area contributed by atoms with Crippen LogP contribution in [0.1, 0.15) is 164 Å². The molecular weight excluding hydrogens is 844 g/mol. The van der Waals surface area contributed by atoms with Gasteiger partial charge in [0.15, 0.2) is 0 Å². The fourth-order valence-electron chi connectivity index (χ4n) is 14.4. The second kappa shape index (κ2) is 14.9. The van der Waals surface area contributed by atoms with Crippen LogP contribution in [0.3, 0.4) is 0 Å². The van der Waals surface area contributed by atoms with Crippen molar-refractivity contribution in [2.45, 2.75) is 161 Å². The van der Waals surface area contributed by atoms with E-state index in [2.05, 4.69) is 221 Å². The predicted octanol–water partition coefficient (Wildman–Crippen LogP) is 16.4. The minimum absolute atomic E-state index is 0.0280. The van der Waals surface area contributed by atoms with Crippen LogP contribution in [0.15, 0.2) is 127 Å². The number of aryl methyl sites for hydroxylation is 2. The van der Waals surface area contributed by atoms with Crippen molar-refractivity contribution in [2.24, 2.45) is 0 Å². The highest BCUT2D eigenvalue weighted by atomic mass is 15.2.